The molecule has 0 unspecified atom stereocenters. The Labute approximate surface area is 573 Å². The van der Waals surface area contributed by atoms with E-state index < -0.39 is 26.0 Å². The molecule has 5 aromatic carbocycles. The topological polar surface area (TPSA) is 200 Å². The Morgan fingerprint density at radius 2 is 1.11 bits per heavy atom. The first-order chi connectivity index (χ1) is 42.9. The number of amides is 1. The van der Waals surface area contributed by atoms with Gasteiger partial charge in [0.25, 0.3) is 5.91 Å². The lowest BCUT2D eigenvalue weighted by Crippen LogP contribution is -2.45. The Kier molecular flexibility index (Phi) is 29.3. The molecule has 496 valence electrons. The molecule has 4 heterocycles. The minimum Gasteiger partial charge on any atom is -0.497 e. The first-order valence-corrected chi connectivity index (χ1v) is 37.0. The molecule has 3 atom stereocenters. The molecule has 1 amide bonds. The molecule has 0 radical (unpaired) electrons. The Bertz CT molecular complexity index is 3530. The number of carbonyl (C=O) groups excluding carboxylic acids is 1. The fourth-order valence-electron chi connectivity index (χ4n) is 10.2. The highest BCUT2D eigenvalue weighted by atomic mass is 35.5. The standard InChI is InChI=1S/C22H27Cl2NO2S.C21H25Cl2N3O4S.C21H26Cl2N2O4S2.3H2/c1-16(15-28-20-5-3-4-18(12-20)26-2)14-25-10-8-17(9-11-25)27-19-6-7-21(23)22(24)13-19;22-20-5-4-18(11-21(20)23)30-17-6-8-26(9-7-17)14-16(27)13-25-31(28,29)19-3-1-2-15(10-19)12-24;1-14(12-24-21(26)19-5-6-20(30-19)31(2,27)28)13-25-9-7-15(8-10-25)29-16-3-4-17(22)18(23)11-16;;;/h3-7,12-13,16-17H,8-11,14-15H2,1-2H3;1-5,10-12,16-17,24-25,27H,6-9,13-14H2;3-6,11,14-15H,7-10,12-13H2,1-2H3,(H,24,26);3*1H/t2*16-;14-;;;/m011.../s1. The summed E-state index contributed by atoms with van der Waals surface area (Å²) in [7, 11) is -5.33. The van der Waals surface area contributed by atoms with Crippen molar-refractivity contribution in [1.82, 2.24) is 24.7 Å². The molecule has 3 aliphatic rings. The number of benzene rings is 5. The molecule has 3 fully saturated rings. The van der Waals surface area contributed by atoms with Gasteiger partial charge in [-0.15, -0.1) is 23.1 Å². The third-order valence-electron chi connectivity index (χ3n) is 15.0. The molecule has 1 aromatic heterocycles. The summed E-state index contributed by atoms with van der Waals surface area (Å²) in [5.74, 6) is 4.89. The van der Waals surface area contributed by atoms with E-state index in [1.165, 1.54) is 23.1 Å². The maximum atomic E-state index is 12.4. The number of thioether (sulfide) groups is 1. The summed E-state index contributed by atoms with van der Waals surface area (Å²) >= 11 is 38.9. The van der Waals surface area contributed by atoms with E-state index >= 15 is 0 Å². The number of aliphatic hydroxyl groups is 1. The van der Waals surface area contributed by atoms with Crippen molar-refractivity contribution in [2.45, 2.75) is 90.8 Å². The summed E-state index contributed by atoms with van der Waals surface area (Å²) in [4.78, 5) is 21.1. The monoisotopic (exact) mass is 1430 g/mol. The van der Waals surface area contributed by atoms with Gasteiger partial charge in [0, 0.05) is 118 Å². The van der Waals surface area contributed by atoms with Crippen LogP contribution in [0.4, 0.5) is 0 Å². The molecule has 3 saturated heterocycles. The Balaban J connectivity index is 0.000000293. The lowest BCUT2D eigenvalue weighted by molar-refractivity contribution is 0.0630. The van der Waals surface area contributed by atoms with E-state index in [-0.39, 0.29) is 50.1 Å². The highest BCUT2D eigenvalue weighted by molar-refractivity contribution is 7.99. The second kappa shape index (κ2) is 36.0. The molecular formula is C64H84Cl6N6O10S4. The molecule has 3 aliphatic heterocycles. The van der Waals surface area contributed by atoms with Crippen LogP contribution in [0.3, 0.4) is 0 Å². The highest BCUT2D eigenvalue weighted by Crippen LogP contribution is 2.32. The maximum absolute atomic E-state index is 12.4. The number of methoxy groups -OCH3 is 1. The summed E-state index contributed by atoms with van der Waals surface area (Å²) in [6, 6.07) is 33.4. The molecule has 4 N–H and O–H groups in total. The number of piperidine rings is 3. The quantitative estimate of drug-likeness (QED) is 0.0312. The maximum Gasteiger partial charge on any atom is 0.261 e. The predicted molar refractivity (Wildman–Crippen MR) is 373 cm³/mol. The van der Waals surface area contributed by atoms with E-state index in [1.807, 2.05) is 36.0 Å². The summed E-state index contributed by atoms with van der Waals surface area (Å²) in [5, 5.41) is 23.5. The zero-order chi connectivity index (χ0) is 65.0. The first kappa shape index (κ1) is 73.3. The lowest BCUT2D eigenvalue weighted by Gasteiger charge is -2.33. The van der Waals surface area contributed by atoms with Crippen LogP contribution < -0.4 is 29.0 Å². The van der Waals surface area contributed by atoms with E-state index in [1.54, 1.807) is 67.8 Å². The fourth-order valence-corrected chi connectivity index (χ4v) is 15.0. The van der Waals surface area contributed by atoms with Crippen molar-refractivity contribution in [3.05, 3.63) is 156 Å². The smallest absolute Gasteiger partial charge is 0.261 e. The average molecular weight is 1440 g/mol. The second-order valence-corrected chi connectivity index (χ2v) is 31.2. The van der Waals surface area contributed by atoms with Crippen molar-refractivity contribution in [2.24, 2.45) is 11.8 Å². The Hall–Kier alpha value is -4.07. The van der Waals surface area contributed by atoms with Gasteiger partial charge in [-0.3, -0.25) is 4.79 Å². The number of sulfone groups is 1. The molecule has 6 aromatic rings. The van der Waals surface area contributed by atoms with E-state index in [4.69, 9.17) is 94.0 Å². The van der Waals surface area contributed by atoms with Gasteiger partial charge in [0.15, 0.2) is 9.84 Å². The molecule has 90 heavy (non-hydrogen) atoms. The van der Waals surface area contributed by atoms with Crippen LogP contribution in [0, 0.1) is 17.2 Å². The van der Waals surface area contributed by atoms with Crippen molar-refractivity contribution in [2.75, 3.05) is 91.1 Å². The minimum atomic E-state index is -3.75. The number of ether oxygens (including phenoxy) is 4. The van der Waals surface area contributed by atoms with Gasteiger partial charge in [-0.1, -0.05) is 102 Å². The van der Waals surface area contributed by atoms with Crippen LogP contribution in [-0.4, -0.2) is 164 Å². The number of nitrogens with one attached hydrogen (secondary N) is 3. The molecule has 0 aliphatic carbocycles. The molecular weight excluding hydrogens is 1350 g/mol. The highest BCUT2D eigenvalue weighted by Gasteiger charge is 2.27. The van der Waals surface area contributed by atoms with E-state index in [0.29, 0.717) is 65.3 Å². The van der Waals surface area contributed by atoms with Crippen molar-refractivity contribution < 1.29 is 50.0 Å². The van der Waals surface area contributed by atoms with E-state index in [2.05, 4.69) is 50.7 Å². The van der Waals surface area contributed by atoms with Gasteiger partial charge in [-0.25, -0.2) is 21.6 Å². The number of nitrogens with zero attached hydrogens (tertiary/aromatic N) is 3. The third-order valence-corrected chi connectivity index (χ3v) is 22.9. The number of aliphatic hydroxyl groups excluding tert-OH is 1. The number of hydrogen-bond acceptors (Lipinski definition) is 16. The zero-order valence-electron chi connectivity index (χ0n) is 50.6. The molecule has 0 saturated carbocycles. The van der Waals surface area contributed by atoms with Crippen LogP contribution in [0.15, 0.2) is 129 Å². The van der Waals surface area contributed by atoms with Crippen molar-refractivity contribution in [3.8, 4) is 23.0 Å². The van der Waals surface area contributed by atoms with E-state index in [9.17, 15) is 26.7 Å². The summed E-state index contributed by atoms with van der Waals surface area (Å²) < 4.78 is 74.0. The number of halogens is 6. The van der Waals surface area contributed by atoms with Crippen LogP contribution in [0.25, 0.3) is 0 Å². The van der Waals surface area contributed by atoms with E-state index in [0.717, 1.165) is 138 Å². The van der Waals surface area contributed by atoms with Crippen LogP contribution in [0.1, 0.15) is 71.9 Å². The van der Waals surface area contributed by atoms with Crippen molar-refractivity contribution in [1.29, 1.82) is 5.41 Å². The van der Waals surface area contributed by atoms with Gasteiger partial charge in [0.2, 0.25) is 10.0 Å². The van der Waals surface area contributed by atoms with Crippen LogP contribution in [0.5, 0.6) is 23.0 Å². The van der Waals surface area contributed by atoms with Gasteiger partial charge in [-0.2, -0.15) is 0 Å². The number of carbonyl (C=O) groups is 1. The number of hydrogen-bond donors (Lipinski definition) is 4. The lowest BCUT2D eigenvalue weighted by atomic mass is 10.1. The fraction of sp³-hybridized carbons (Fsp3) is 0.438. The van der Waals surface area contributed by atoms with Crippen molar-refractivity contribution >= 4 is 125 Å². The van der Waals surface area contributed by atoms with Crippen LogP contribution in [0.2, 0.25) is 30.1 Å². The number of rotatable bonds is 25. The number of thiophene rings is 1. The minimum absolute atomic E-state index is 0. The number of sulfonamides is 1. The first-order valence-electron chi connectivity index (χ1n) is 29.6. The number of likely N-dealkylation sites (tertiary alicyclic amines) is 3. The summed E-state index contributed by atoms with van der Waals surface area (Å²) in [6.45, 7) is 12.7. The van der Waals surface area contributed by atoms with Crippen LogP contribution in [-0.2, 0) is 19.9 Å². The third kappa shape index (κ3) is 24.4. The average Bonchev–Trinajstić information content (AvgIpc) is 2.43. The SMILES string of the molecule is COc1cccc(SC[C@@H](C)CN2CCC(Oc3ccc(Cl)c(Cl)c3)CC2)c1.C[C@H](CNC(=O)c1ccc(S(C)(=O)=O)s1)CN1CCC(Oc2ccc(Cl)c(Cl)c2)CC1.N=Cc1cccc(S(=O)(=O)NC[C@@H](O)CN2CCC(Oc3ccc(Cl)c(Cl)c3)CC2)c1.[HH].[HH].[HH]. The molecule has 26 heteroatoms. The molecule has 16 nitrogen and oxygen atoms in total. The van der Waals surface area contributed by atoms with Gasteiger partial charge >= 0.3 is 0 Å². The van der Waals surface area contributed by atoms with Gasteiger partial charge in [0.1, 0.15) is 45.5 Å². The van der Waals surface area contributed by atoms with Gasteiger partial charge in [0.05, 0.1) is 53.1 Å². The Morgan fingerprint density at radius 3 is 1.57 bits per heavy atom. The summed E-state index contributed by atoms with van der Waals surface area (Å²) in [5.41, 5.74) is 0.495. The summed E-state index contributed by atoms with van der Waals surface area (Å²) in [6.07, 6.45) is 7.31. The van der Waals surface area contributed by atoms with Crippen LogP contribution >= 0.6 is 92.7 Å². The van der Waals surface area contributed by atoms with Crippen molar-refractivity contribution in [3.63, 3.8) is 0 Å². The second-order valence-electron chi connectivity index (χ2n) is 22.6. The number of β-amino-alcohol motifs (C(OH)–C–C–N with tert-alkyl or cyclic N) is 1. The normalized spacial score (nSPS) is 16.7. The predicted octanol–water partition coefficient (Wildman–Crippen LogP) is 14.6. The van der Waals surface area contributed by atoms with Gasteiger partial charge < -0.3 is 49.5 Å². The molecule has 0 bridgehead atoms. The molecule has 9 rings (SSSR count). The molecule has 0 spiro atoms. The largest absolute Gasteiger partial charge is 0.497 e. The Morgan fingerprint density at radius 1 is 0.633 bits per heavy atom. The van der Waals surface area contributed by atoms with Gasteiger partial charge in [-0.05, 0) is 135 Å². The zero-order valence-corrected chi connectivity index (χ0v) is 58.4.